The van der Waals surface area contributed by atoms with E-state index < -0.39 is 0 Å². The molecule has 1 aliphatic heterocycles. The van der Waals surface area contributed by atoms with E-state index in [9.17, 15) is 4.39 Å². The molecule has 1 aromatic rings. The van der Waals surface area contributed by atoms with E-state index in [1.165, 1.54) is 6.07 Å². The van der Waals surface area contributed by atoms with Crippen LogP contribution in [0.2, 0.25) is 5.02 Å². The van der Waals surface area contributed by atoms with Gasteiger partial charge in [-0.3, -0.25) is 0 Å². The van der Waals surface area contributed by atoms with Gasteiger partial charge in [0.2, 0.25) is 0 Å². The summed E-state index contributed by atoms with van der Waals surface area (Å²) < 4.78 is 13.2. The molecule has 76 valence electrons. The smallest absolute Gasteiger partial charge is 0.142 e. The van der Waals surface area contributed by atoms with E-state index in [0.29, 0.717) is 10.9 Å². The van der Waals surface area contributed by atoms with Crippen LogP contribution in [0.25, 0.3) is 0 Å². The van der Waals surface area contributed by atoms with Crippen molar-refractivity contribution >= 4 is 11.6 Å². The molecular weight excluding hydrogens is 201 g/mol. The van der Waals surface area contributed by atoms with Crippen molar-refractivity contribution < 1.29 is 4.39 Å². The van der Waals surface area contributed by atoms with Gasteiger partial charge in [-0.25, -0.2) is 4.39 Å². The zero-order valence-electron chi connectivity index (χ0n) is 7.89. The molecule has 1 aliphatic rings. The summed E-state index contributed by atoms with van der Waals surface area (Å²) in [4.78, 5) is 0. The van der Waals surface area contributed by atoms with E-state index in [-0.39, 0.29) is 5.82 Å². The third kappa shape index (κ3) is 1.91. The van der Waals surface area contributed by atoms with Gasteiger partial charge < -0.3 is 5.32 Å². The first kappa shape index (κ1) is 9.94. The first-order chi connectivity index (χ1) is 6.79. The minimum Gasteiger partial charge on any atom is -0.316 e. The van der Waals surface area contributed by atoms with Gasteiger partial charge in [0.1, 0.15) is 5.82 Å². The van der Waals surface area contributed by atoms with Gasteiger partial charge in [0.05, 0.1) is 5.02 Å². The van der Waals surface area contributed by atoms with Crippen LogP contribution < -0.4 is 5.32 Å². The zero-order chi connectivity index (χ0) is 9.97. The van der Waals surface area contributed by atoms with Gasteiger partial charge in [0.15, 0.2) is 0 Å². The summed E-state index contributed by atoms with van der Waals surface area (Å²) in [6, 6.07) is 5.05. The summed E-state index contributed by atoms with van der Waals surface area (Å²) in [6.07, 6.45) is 2.23. The predicted octanol–water partition coefficient (Wildman–Crippen LogP) is 2.95. The van der Waals surface area contributed by atoms with Crippen LogP contribution in [0.3, 0.4) is 0 Å². The van der Waals surface area contributed by atoms with E-state index in [1.54, 1.807) is 6.07 Å². The molecular formula is C11H13ClFN. The number of rotatable bonds is 1. The van der Waals surface area contributed by atoms with Gasteiger partial charge in [-0.05, 0) is 36.9 Å². The lowest BCUT2D eigenvalue weighted by Crippen LogP contribution is -2.28. The molecule has 1 unspecified atom stereocenters. The average molecular weight is 214 g/mol. The van der Waals surface area contributed by atoms with E-state index in [2.05, 4.69) is 5.32 Å². The summed E-state index contributed by atoms with van der Waals surface area (Å²) in [5, 5.41) is 3.59. The fourth-order valence-electron chi connectivity index (χ4n) is 1.95. The van der Waals surface area contributed by atoms with Crippen molar-refractivity contribution in [3.63, 3.8) is 0 Å². The van der Waals surface area contributed by atoms with Crippen LogP contribution in [-0.2, 0) is 0 Å². The maximum atomic E-state index is 13.2. The Hall–Kier alpha value is -0.600. The Morgan fingerprint density at radius 2 is 2.29 bits per heavy atom. The van der Waals surface area contributed by atoms with Crippen molar-refractivity contribution in [3.8, 4) is 0 Å². The van der Waals surface area contributed by atoms with Gasteiger partial charge in [-0.2, -0.15) is 0 Å². The van der Waals surface area contributed by atoms with Crippen molar-refractivity contribution in [2.75, 3.05) is 13.1 Å². The molecule has 1 nitrogen and oxygen atoms in total. The molecule has 14 heavy (non-hydrogen) atoms. The number of piperidine rings is 1. The fourth-order valence-corrected chi connectivity index (χ4v) is 2.23. The molecule has 1 saturated heterocycles. The second-order valence-electron chi connectivity index (χ2n) is 3.69. The Kier molecular flexibility index (Phi) is 3.04. The Labute approximate surface area is 88.3 Å². The van der Waals surface area contributed by atoms with Gasteiger partial charge in [-0.15, -0.1) is 0 Å². The van der Waals surface area contributed by atoms with Crippen LogP contribution in [0.1, 0.15) is 24.3 Å². The van der Waals surface area contributed by atoms with E-state index in [0.717, 1.165) is 31.5 Å². The van der Waals surface area contributed by atoms with Crippen molar-refractivity contribution in [1.82, 2.24) is 5.32 Å². The highest BCUT2D eigenvalue weighted by Crippen LogP contribution is 2.30. The molecule has 2 rings (SSSR count). The first-order valence-corrected chi connectivity index (χ1v) is 5.31. The highest BCUT2D eigenvalue weighted by Gasteiger charge is 2.18. The molecule has 1 fully saturated rings. The summed E-state index contributed by atoms with van der Waals surface area (Å²) in [7, 11) is 0. The van der Waals surface area contributed by atoms with E-state index >= 15 is 0 Å². The molecule has 1 atom stereocenters. The van der Waals surface area contributed by atoms with Crippen LogP contribution >= 0.6 is 11.6 Å². The third-order valence-corrected chi connectivity index (χ3v) is 3.12. The van der Waals surface area contributed by atoms with Gasteiger partial charge >= 0.3 is 0 Å². The number of hydrogen-bond acceptors (Lipinski definition) is 1. The molecule has 1 heterocycles. The number of halogens is 2. The number of benzene rings is 1. The van der Waals surface area contributed by atoms with Gasteiger partial charge in [0, 0.05) is 6.54 Å². The lowest BCUT2D eigenvalue weighted by Gasteiger charge is -2.23. The third-order valence-electron chi connectivity index (χ3n) is 2.72. The van der Waals surface area contributed by atoms with Crippen molar-refractivity contribution in [2.45, 2.75) is 18.8 Å². The van der Waals surface area contributed by atoms with Crippen LogP contribution in [0.4, 0.5) is 4.39 Å². The highest BCUT2D eigenvalue weighted by molar-refractivity contribution is 6.31. The largest absolute Gasteiger partial charge is 0.316 e. The molecule has 0 amide bonds. The molecule has 0 aromatic heterocycles. The summed E-state index contributed by atoms with van der Waals surface area (Å²) in [6.45, 7) is 1.96. The fraction of sp³-hybridized carbons (Fsp3) is 0.455. The summed E-state index contributed by atoms with van der Waals surface area (Å²) >= 11 is 5.92. The second-order valence-corrected chi connectivity index (χ2v) is 4.06. The molecule has 0 bridgehead atoms. The number of hydrogen-bond donors (Lipinski definition) is 1. The summed E-state index contributed by atoms with van der Waals surface area (Å²) in [5.74, 6) is 0.0571. The minimum atomic E-state index is -0.310. The molecule has 3 heteroatoms. The van der Waals surface area contributed by atoms with Crippen molar-refractivity contribution in [2.24, 2.45) is 0 Å². The van der Waals surface area contributed by atoms with Gasteiger partial charge in [-0.1, -0.05) is 23.7 Å². The minimum absolute atomic E-state index is 0.293. The van der Waals surface area contributed by atoms with Crippen LogP contribution in [0, 0.1) is 5.82 Å². The predicted molar refractivity (Wildman–Crippen MR) is 56.3 cm³/mol. The lowest BCUT2D eigenvalue weighted by molar-refractivity contribution is 0.460. The molecule has 0 saturated carbocycles. The Bertz CT molecular complexity index is 321. The van der Waals surface area contributed by atoms with Crippen molar-refractivity contribution in [1.29, 1.82) is 0 Å². The molecule has 0 spiro atoms. The van der Waals surface area contributed by atoms with E-state index in [4.69, 9.17) is 11.6 Å². The van der Waals surface area contributed by atoms with Crippen molar-refractivity contribution in [3.05, 3.63) is 34.6 Å². The van der Waals surface area contributed by atoms with Crippen LogP contribution in [0.5, 0.6) is 0 Å². The molecule has 1 aromatic carbocycles. The molecule has 1 N–H and O–H groups in total. The standard InChI is InChI=1S/C11H13ClFN/c12-11-9(4-1-5-10(11)13)8-3-2-6-14-7-8/h1,4-5,8,14H,2-3,6-7H2. The maximum Gasteiger partial charge on any atom is 0.142 e. The maximum absolute atomic E-state index is 13.2. The quantitative estimate of drug-likeness (QED) is 0.757. The second kappa shape index (κ2) is 4.28. The molecule has 0 aliphatic carbocycles. The normalized spacial score (nSPS) is 22.3. The number of nitrogens with one attached hydrogen (secondary N) is 1. The van der Waals surface area contributed by atoms with Crippen LogP contribution in [0.15, 0.2) is 18.2 Å². The Balaban J connectivity index is 2.26. The topological polar surface area (TPSA) is 12.0 Å². The Morgan fingerprint density at radius 1 is 1.43 bits per heavy atom. The zero-order valence-corrected chi connectivity index (χ0v) is 8.65. The SMILES string of the molecule is Fc1cccc(C2CCCNC2)c1Cl. The first-order valence-electron chi connectivity index (χ1n) is 4.93. The highest BCUT2D eigenvalue weighted by atomic mass is 35.5. The van der Waals surface area contributed by atoms with Crippen LogP contribution in [-0.4, -0.2) is 13.1 Å². The monoisotopic (exact) mass is 213 g/mol. The average Bonchev–Trinajstić information content (AvgIpc) is 2.23. The molecule has 0 radical (unpaired) electrons. The summed E-state index contributed by atoms with van der Waals surface area (Å²) in [5.41, 5.74) is 0.943. The van der Waals surface area contributed by atoms with Gasteiger partial charge in [0.25, 0.3) is 0 Å². The van der Waals surface area contributed by atoms with E-state index in [1.807, 2.05) is 6.07 Å². The Morgan fingerprint density at radius 3 is 3.00 bits per heavy atom. The lowest BCUT2D eigenvalue weighted by atomic mass is 9.91.